The van der Waals surface area contributed by atoms with Gasteiger partial charge in [0.25, 0.3) is 0 Å². The van der Waals surface area contributed by atoms with Crippen molar-refractivity contribution < 1.29 is 0 Å². The molecule has 0 aliphatic rings. The van der Waals surface area contributed by atoms with E-state index < -0.39 is 0 Å². The number of thiazole rings is 1. The Hall–Kier alpha value is -1.11. The molecule has 0 spiro atoms. The Kier molecular flexibility index (Phi) is 8.72. The van der Waals surface area contributed by atoms with Crippen molar-refractivity contribution in [1.29, 1.82) is 0 Å². The fourth-order valence-corrected chi connectivity index (χ4v) is 4.22. The van der Waals surface area contributed by atoms with Crippen molar-refractivity contribution in [3.8, 4) is 0 Å². The van der Waals surface area contributed by atoms with E-state index in [4.69, 9.17) is 29.4 Å². The zero-order valence-electron chi connectivity index (χ0n) is 15.0. The molecule has 1 unspecified atom stereocenters. The third kappa shape index (κ3) is 6.28. The Balaban J connectivity index is 2.13. The summed E-state index contributed by atoms with van der Waals surface area (Å²) in [7, 11) is 0. The average molecular weight is 394 g/mol. The van der Waals surface area contributed by atoms with E-state index in [9.17, 15) is 0 Å². The normalized spacial score (nSPS) is 12.1. The molecular weight excluding hydrogens is 366 g/mol. The molecule has 0 saturated carbocycles. The quantitative estimate of drug-likeness (QED) is 0.428. The number of nitrogens with zero attached hydrogens (tertiary/aromatic N) is 1. The fourth-order valence-electron chi connectivity index (χ4n) is 2.50. The van der Waals surface area contributed by atoms with Crippen LogP contribution in [0.15, 0.2) is 24.3 Å². The standard InChI is InChI=1S/C19H27N3S3/c1-3-5-11-20-17(23)13-14(18(24)21-12-6-4-2)19-22-15-9-7-8-10-16(15)25-19/h7-10,14H,3-6,11-13H2,1-2H3,(H,20,23)(H,21,24). The van der Waals surface area contributed by atoms with Crippen molar-refractivity contribution in [3.63, 3.8) is 0 Å². The maximum absolute atomic E-state index is 5.70. The summed E-state index contributed by atoms with van der Waals surface area (Å²) in [5.74, 6) is 0.0471. The van der Waals surface area contributed by atoms with Crippen LogP contribution in [-0.4, -0.2) is 28.1 Å². The Morgan fingerprint density at radius 1 is 1.08 bits per heavy atom. The first-order valence-corrected chi connectivity index (χ1v) is 10.7. The van der Waals surface area contributed by atoms with Gasteiger partial charge in [-0.1, -0.05) is 63.3 Å². The molecule has 0 saturated heterocycles. The van der Waals surface area contributed by atoms with Crippen LogP contribution >= 0.6 is 35.8 Å². The minimum absolute atomic E-state index is 0.0471. The highest BCUT2D eigenvalue weighted by atomic mass is 32.1. The molecule has 0 aliphatic carbocycles. The zero-order valence-corrected chi connectivity index (χ0v) is 17.5. The number of aromatic nitrogens is 1. The lowest BCUT2D eigenvalue weighted by Gasteiger charge is -2.18. The van der Waals surface area contributed by atoms with E-state index >= 15 is 0 Å². The number of nitrogens with one attached hydrogen (secondary N) is 2. The lowest BCUT2D eigenvalue weighted by Crippen LogP contribution is -2.32. The minimum atomic E-state index is 0.0471. The van der Waals surface area contributed by atoms with Crippen LogP contribution in [0.4, 0.5) is 0 Å². The van der Waals surface area contributed by atoms with E-state index in [1.54, 1.807) is 11.3 Å². The topological polar surface area (TPSA) is 37.0 Å². The molecule has 0 fully saturated rings. The highest BCUT2D eigenvalue weighted by molar-refractivity contribution is 7.80. The molecule has 136 valence electrons. The first-order chi connectivity index (χ1) is 12.2. The lowest BCUT2D eigenvalue weighted by molar-refractivity contribution is 0.730. The van der Waals surface area contributed by atoms with Crippen LogP contribution in [0, 0.1) is 0 Å². The summed E-state index contributed by atoms with van der Waals surface area (Å²) in [6, 6.07) is 8.24. The third-order valence-corrected chi connectivity index (χ3v) is 5.89. The number of hydrogen-bond acceptors (Lipinski definition) is 4. The molecule has 3 nitrogen and oxygen atoms in total. The third-order valence-electron chi connectivity index (χ3n) is 4.00. The number of fused-ring (bicyclic) bond motifs is 1. The molecule has 1 atom stereocenters. The number of rotatable bonds is 10. The molecule has 0 amide bonds. The van der Waals surface area contributed by atoms with Crippen molar-refractivity contribution in [2.75, 3.05) is 13.1 Å². The molecule has 2 N–H and O–H groups in total. The maximum atomic E-state index is 5.70. The van der Waals surface area contributed by atoms with Gasteiger partial charge in [-0.05, 0) is 25.0 Å². The van der Waals surface area contributed by atoms with Gasteiger partial charge >= 0.3 is 0 Å². The molecule has 6 heteroatoms. The Labute approximate surface area is 165 Å². The van der Waals surface area contributed by atoms with Gasteiger partial charge in [0.2, 0.25) is 0 Å². The van der Waals surface area contributed by atoms with Crippen LogP contribution in [-0.2, 0) is 0 Å². The Bertz CT molecular complexity index is 663. The maximum Gasteiger partial charge on any atom is 0.104 e. The molecule has 1 aromatic heterocycles. The summed E-state index contributed by atoms with van der Waals surface area (Å²) >= 11 is 13.0. The van der Waals surface area contributed by atoms with Gasteiger partial charge in [0.15, 0.2) is 0 Å². The van der Waals surface area contributed by atoms with Gasteiger partial charge in [-0.15, -0.1) is 11.3 Å². The van der Waals surface area contributed by atoms with E-state index in [-0.39, 0.29) is 5.92 Å². The van der Waals surface area contributed by atoms with Gasteiger partial charge < -0.3 is 10.6 Å². The van der Waals surface area contributed by atoms with E-state index in [0.717, 1.165) is 65.7 Å². The summed E-state index contributed by atoms with van der Waals surface area (Å²) in [4.78, 5) is 6.54. The number of hydrogen-bond donors (Lipinski definition) is 2. The largest absolute Gasteiger partial charge is 0.380 e. The number of unbranched alkanes of at least 4 members (excludes halogenated alkanes) is 2. The van der Waals surface area contributed by atoms with Gasteiger partial charge in [0, 0.05) is 19.5 Å². The van der Waals surface area contributed by atoms with Crippen molar-refractivity contribution in [2.24, 2.45) is 0 Å². The monoisotopic (exact) mass is 393 g/mol. The summed E-state index contributed by atoms with van der Waals surface area (Å²) in [5.41, 5.74) is 1.04. The Morgan fingerprint density at radius 3 is 2.44 bits per heavy atom. The van der Waals surface area contributed by atoms with Crippen LogP contribution in [0.5, 0.6) is 0 Å². The van der Waals surface area contributed by atoms with Crippen LogP contribution in [0.2, 0.25) is 0 Å². The van der Waals surface area contributed by atoms with Crippen molar-refractivity contribution >= 4 is 56.0 Å². The number of thiocarbonyl (C=S) groups is 2. The summed E-state index contributed by atoms with van der Waals surface area (Å²) in [6.45, 7) is 6.20. The van der Waals surface area contributed by atoms with Crippen LogP contribution in [0.3, 0.4) is 0 Å². The lowest BCUT2D eigenvalue weighted by atomic mass is 10.1. The smallest absolute Gasteiger partial charge is 0.104 e. The van der Waals surface area contributed by atoms with E-state index in [1.165, 1.54) is 4.70 Å². The van der Waals surface area contributed by atoms with Gasteiger partial charge in [0.05, 0.1) is 26.1 Å². The second-order valence-electron chi connectivity index (χ2n) is 6.12. The number of benzene rings is 1. The predicted octanol–water partition coefficient (Wildman–Crippen LogP) is 5.20. The first-order valence-electron chi connectivity index (χ1n) is 9.05. The number of para-hydroxylation sites is 1. The van der Waals surface area contributed by atoms with E-state index in [0.29, 0.717) is 0 Å². The van der Waals surface area contributed by atoms with Gasteiger partial charge in [-0.3, -0.25) is 0 Å². The van der Waals surface area contributed by atoms with Crippen molar-refractivity contribution in [2.45, 2.75) is 51.9 Å². The van der Waals surface area contributed by atoms with Gasteiger partial charge in [-0.2, -0.15) is 0 Å². The molecule has 2 rings (SSSR count). The fraction of sp³-hybridized carbons (Fsp3) is 0.526. The minimum Gasteiger partial charge on any atom is -0.380 e. The van der Waals surface area contributed by atoms with Gasteiger partial charge in [0.1, 0.15) is 5.01 Å². The molecule has 0 radical (unpaired) electrons. The predicted molar refractivity (Wildman–Crippen MR) is 118 cm³/mol. The van der Waals surface area contributed by atoms with E-state index in [1.807, 2.05) is 12.1 Å². The molecular formula is C19H27N3S3. The van der Waals surface area contributed by atoms with Crippen LogP contribution in [0.1, 0.15) is 56.9 Å². The molecule has 0 bridgehead atoms. The molecule has 1 heterocycles. The summed E-state index contributed by atoms with van der Waals surface area (Å²) < 4.78 is 1.20. The highest BCUT2D eigenvalue weighted by Crippen LogP contribution is 2.30. The average Bonchev–Trinajstić information content (AvgIpc) is 3.03. The highest BCUT2D eigenvalue weighted by Gasteiger charge is 2.22. The SMILES string of the molecule is CCCCNC(=S)CC(C(=S)NCCCC)c1nc2ccccc2s1. The van der Waals surface area contributed by atoms with Gasteiger partial charge in [-0.25, -0.2) is 4.98 Å². The Morgan fingerprint density at radius 2 is 1.76 bits per heavy atom. The van der Waals surface area contributed by atoms with Crippen molar-refractivity contribution in [3.05, 3.63) is 29.3 Å². The summed E-state index contributed by atoms with van der Waals surface area (Å²) in [5, 5.41) is 7.82. The summed E-state index contributed by atoms with van der Waals surface area (Å²) in [6.07, 6.45) is 5.28. The van der Waals surface area contributed by atoms with Crippen LogP contribution in [0.25, 0.3) is 10.2 Å². The molecule has 0 aliphatic heterocycles. The molecule has 1 aromatic carbocycles. The first kappa shape index (κ1) is 20.2. The second kappa shape index (κ2) is 10.8. The zero-order chi connectivity index (χ0) is 18.1. The second-order valence-corrected chi connectivity index (χ2v) is 8.12. The van der Waals surface area contributed by atoms with Crippen molar-refractivity contribution in [1.82, 2.24) is 15.6 Å². The molecule has 2 aromatic rings. The van der Waals surface area contributed by atoms with E-state index in [2.05, 4.69) is 36.6 Å². The molecule has 25 heavy (non-hydrogen) atoms. The van der Waals surface area contributed by atoms with Crippen LogP contribution < -0.4 is 10.6 Å².